The van der Waals surface area contributed by atoms with Gasteiger partial charge in [0.2, 0.25) is 0 Å². The van der Waals surface area contributed by atoms with E-state index in [2.05, 4.69) is 53.8 Å². The van der Waals surface area contributed by atoms with E-state index in [-0.39, 0.29) is 0 Å². The van der Waals surface area contributed by atoms with Crippen molar-refractivity contribution in [2.75, 3.05) is 27.2 Å². The van der Waals surface area contributed by atoms with Crippen LogP contribution in [0.25, 0.3) is 0 Å². The predicted octanol–water partition coefficient (Wildman–Crippen LogP) is 2.52. The van der Waals surface area contributed by atoms with Crippen molar-refractivity contribution in [3.05, 3.63) is 23.8 Å². The maximum Gasteiger partial charge on any atom is 0.131 e. The first-order chi connectivity index (χ1) is 9.56. The molecule has 4 heteroatoms. The summed E-state index contributed by atoms with van der Waals surface area (Å²) >= 11 is 0. The Bertz CT molecular complexity index is 417. The first-order valence-electron chi connectivity index (χ1n) is 7.77. The Morgan fingerprint density at radius 1 is 1.30 bits per heavy atom. The zero-order valence-electron chi connectivity index (χ0n) is 13.3. The Balaban J connectivity index is 1.94. The Labute approximate surface area is 123 Å². The average Bonchev–Trinajstić information content (AvgIpc) is 2.65. The monoisotopic (exact) mass is 276 g/mol. The predicted molar refractivity (Wildman–Crippen MR) is 82.7 cm³/mol. The van der Waals surface area contributed by atoms with Crippen molar-refractivity contribution in [2.24, 2.45) is 0 Å². The van der Waals surface area contributed by atoms with Crippen LogP contribution in [0.1, 0.15) is 50.5 Å². The van der Waals surface area contributed by atoms with E-state index in [0.29, 0.717) is 5.92 Å². The van der Waals surface area contributed by atoms with Crippen LogP contribution in [-0.2, 0) is 6.54 Å². The van der Waals surface area contributed by atoms with Crippen LogP contribution in [0.5, 0.6) is 0 Å². The van der Waals surface area contributed by atoms with Crippen LogP contribution < -0.4 is 0 Å². The molecular weight excluding hydrogens is 248 g/mol. The molecule has 0 spiro atoms. The molecule has 0 aromatic carbocycles. The molecule has 1 saturated heterocycles. The van der Waals surface area contributed by atoms with Crippen molar-refractivity contribution in [1.29, 1.82) is 0 Å². The van der Waals surface area contributed by atoms with E-state index < -0.39 is 0 Å². The Kier molecular flexibility index (Phi) is 5.49. The van der Waals surface area contributed by atoms with Gasteiger partial charge in [-0.15, -0.1) is 0 Å². The molecule has 1 aromatic heterocycles. The largest absolute Gasteiger partial charge is 0.306 e. The van der Waals surface area contributed by atoms with Crippen molar-refractivity contribution in [2.45, 2.75) is 51.6 Å². The second kappa shape index (κ2) is 7.14. The van der Waals surface area contributed by atoms with Gasteiger partial charge in [0.1, 0.15) is 5.82 Å². The van der Waals surface area contributed by atoms with Crippen molar-refractivity contribution in [1.82, 2.24) is 19.8 Å². The van der Waals surface area contributed by atoms with Crippen molar-refractivity contribution in [3.63, 3.8) is 0 Å². The van der Waals surface area contributed by atoms with Crippen LogP contribution in [0.2, 0.25) is 0 Å². The average molecular weight is 276 g/mol. The molecule has 1 aliphatic rings. The molecule has 0 unspecified atom stereocenters. The highest BCUT2D eigenvalue weighted by Crippen LogP contribution is 2.16. The molecule has 112 valence electrons. The van der Waals surface area contributed by atoms with Gasteiger partial charge in [0, 0.05) is 31.2 Å². The minimum absolute atomic E-state index is 0.400. The minimum Gasteiger partial charge on any atom is -0.306 e. The van der Waals surface area contributed by atoms with E-state index in [0.717, 1.165) is 24.1 Å². The third kappa shape index (κ3) is 4.25. The van der Waals surface area contributed by atoms with Gasteiger partial charge in [0.25, 0.3) is 0 Å². The summed E-state index contributed by atoms with van der Waals surface area (Å²) in [6.45, 7) is 7.61. The Morgan fingerprint density at radius 2 is 2.10 bits per heavy atom. The van der Waals surface area contributed by atoms with Crippen molar-refractivity contribution >= 4 is 0 Å². The lowest BCUT2D eigenvalue weighted by atomic mass is 10.1. The molecule has 0 amide bonds. The summed E-state index contributed by atoms with van der Waals surface area (Å²) in [5.41, 5.74) is 1.16. The highest BCUT2D eigenvalue weighted by Gasteiger charge is 2.18. The fourth-order valence-electron chi connectivity index (χ4n) is 2.82. The summed E-state index contributed by atoms with van der Waals surface area (Å²) in [6, 6.07) is 2.79. The quantitative estimate of drug-likeness (QED) is 0.846. The van der Waals surface area contributed by atoms with Crippen LogP contribution in [0.4, 0.5) is 0 Å². The highest BCUT2D eigenvalue weighted by atomic mass is 15.2. The van der Waals surface area contributed by atoms with Gasteiger partial charge in [0.15, 0.2) is 0 Å². The van der Waals surface area contributed by atoms with Crippen LogP contribution in [0, 0.1) is 0 Å². The zero-order chi connectivity index (χ0) is 14.5. The first kappa shape index (κ1) is 15.4. The summed E-state index contributed by atoms with van der Waals surface area (Å²) in [4.78, 5) is 13.9. The zero-order valence-corrected chi connectivity index (χ0v) is 13.3. The summed E-state index contributed by atoms with van der Waals surface area (Å²) in [5.74, 6) is 1.36. The number of hydrogen-bond donors (Lipinski definition) is 0. The van der Waals surface area contributed by atoms with E-state index >= 15 is 0 Å². The third-order valence-electron chi connectivity index (χ3n) is 4.15. The van der Waals surface area contributed by atoms with Crippen LogP contribution >= 0.6 is 0 Å². The van der Waals surface area contributed by atoms with Gasteiger partial charge in [-0.25, -0.2) is 9.97 Å². The Morgan fingerprint density at radius 3 is 2.80 bits per heavy atom. The van der Waals surface area contributed by atoms with Gasteiger partial charge >= 0.3 is 0 Å². The topological polar surface area (TPSA) is 32.3 Å². The van der Waals surface area contributed by atoms with Gasteiger partial charge < -0.3 is 4.90 Å². The maximum absolute atomic E-state index is 4.69. The van der Waals surface area contributed by atoms with Gasteiger partial charge in [0.05, 0.1) is 5.69 Å². The van der Waals surface area contributed by atoms with Crippen LogP contribution in [0.3, 0.4) is 0 Å². The molecule has 0 saturated carbocycles. The van der Waals surface area contributed by atoms with Gasteiger partial charge in [-0.2, -0.15) is 0 Å². The number of nitrogens with zero attached hydrogens (tertiary/aromatic N) is 4. The Hall–Kier alpha value is -1.00. The molecule has 1 atom stereocenters. The molecule has 1 aliphatic heterocycles. The molecule has 0 aliphatic carbocycles. The highest BCUT2D eigenvalue weighted by molar-refractivity contribution is 5.04. The smallest absolute Gasteiger partial charge is 0.131 e. The van der Waals surface area contributed by atoms with Crippen molar-refractivity contribution < 1.29 is 0 Å². The SMILES string of the molecule is CC(C)c1nccc(CN2CCC[C@@H](N(C)C)CC2)n1. The van der Waals surface area contributed by atoms with Gasteiger partial charge in [-0.3, -0.25) is 4.90 Å². The standard InChI is InChI=1S/C16H28N4/c1-13(2)16-17-9-7-14(18-16)12-20-10-5-6-15(8-11-20)19(3)4/h7,9,13,15H,5-6,8,10-12H2,1-4H3/t15-/m1/s1. The fraction of sp³-hybridized carbons (Fsp3) is 0.750. The van der Waals surface area contributed by atoms with E-state index in [1.165, 1.54) is 32.4 Å². The lowest BCUT2D eigenvalue weighted by Crippen LogP contribution is -2.30. The lowest BCUT2D eigenvalue weighted by Gasteiger charge is -2.23. The summed E-state index contributed by atoms with van der Waals surface area (Å²) < 4.78 is 0. The molecule has 4 nitrogen and oxygen atoms in total. The maximum atomic E-state index is 4.69. The number of hydrogen-bond acceptors (Lipinski definition) is 4. The molecule has 1 aromatic rings. The number of likely N-dealkylation sites (tertiary alicyclic amines) is 1. The minimum atomic E-state index is 0.400. The molecule has 0 bridgehead atoms. The summed E-state index contributed by atoms with van der Waals surface area (Å²) in [7, 11) is 4.39. The summed E-state index contributed by atoms with van der Waals surface area (Å²) in [6.07, 6.45) is 5.75. The van der Waals surface area contributed by atoms with E-state index in [4.69, 9.17) is 0 Å². The fourth-order valence-corrected chi connectivity index (χ4v) is 2.82. The molecule has 2 heterocycles. The van der Waals surface area contributed by atoms with Crippen LogP contribution in [-0.4, -0.2) is 53.0 Å². The van der Waals surface area contributed by atoms with Crippen LogP contribution in [0.15, 0.2) is 12.3 Å². The third-order valence-corrected chi connectivity index (χ3v) is 4.15. The van der Waals surface area contributed by atoms with E-state index in [9.17, 15) is 0 Å². The second-order valence-electron chi connectivity index (χ2n) is 6.39. The van der Waals surface area contributed by atoms with Crippen molar-refractivity contribution in [3.8, 4) is 0 Å². The first-order valence-corrected chi connectivity index (χ1v) is 7.77. The molecule has 1 fully saturated rings. The molecular formula is C16H28N4. The molecule has 0 N–H and O–H groups in total. The second-order valence-corrected chi connectivity index (χ2v) is 6.39. The van der Waals surface area contributed by atoms with E-state index in [1.807, 2.05) is 6.20 Å². The number of aromatic nitrogens is 2. The normalized spacial score (nSPS) is 21.4. The molecule has 20 heavy (non-hydrogen) atoms. The molecule has 0 radical (unpaired) electrons. The lowest BCUT2D eigenvalue weighted by molar-refractivity contribution is 0.243. The summed E-state index contributed by atoms with van der Waals surface area (Å²) in [5, 5.41) is 0. The van der Waals surface area contributed by atoms with E-state index in [1.54, 1.807) is 0 Å². The molecule has 2 rings (SSSR count). The van der Waals surface area contributed by atoms with Gasteiger partial charge in [-0.1, -0.05) is 13.8 Å². The number of rotatable bonds is 4. The van der Waals surface area contributed by atoms with Gasteiger partial charge in [-0.05, 0) is 46.0 Å².